The van der Waals surface area contributed by atoms with E-state index in [0.717, 1.165) is 0 Å². The molecule has 0 spiro atoms. The first-order valence-electron chi connectivity index (χ1n) is 9.29. The zero-order valence-electron chi connectivity index (χ0n) is 14.3. The van der Waals surface area contributed by atoms with Crippen LogP contribution in [-0.4, -0.2) is 30.2 Å². The van der Waals surface area contributed by atoms with Gasteiger partial charge in [0.15, 0.2) is 0 Å². The minimum Gasteiger partial charge on any atom is -0.298 e. The van der Waals surface area contributed by atoms with Gasteiger partial charge in [0.05, 0.1) is 5.66 Å². The molecule has 1 saturated heterocycles. The summed E-state index contributed by atoms with van der Waals surface area (Å²) in [4.78, 5) is 2.79. The number of nitrogens with zero attached hydrogens (tertiary/aromatic N) is 1. The number of unbranched alkanes of at least 4 members (excludes halogenated alkanes) is 6. The van der Waals surface area contributed by atoms with Gasteiger partial charge in [0, 0.05) is 13.1 Å². The Labute approximate surface area is 127 Å². The van der Waals surface area contributed by atoms with Crippen LogP contribution in [0.15, 0.2) is 0 Å². The van der Waals surface area contributed by atoms with Crippen molar-refractivity contribution in [3.8, 4) is 0 Å². The Morgan fingerprint density at radius 2 is 1.35 bits per heavy atom. The molecule has 1 heterocycles. The minimum atomic E-state index is 0.345. The van der Waals surface area contributed by atoms with Crippen molar-refractivity contribution in [2.45, 2.75) is 97.1 Å². The van der Waals surface area contributed by atoms with E-state index in [1.165, 1.54) is 90.3 Å². The third-order valence-corrected chi connectivity index (χ3v) is 4.86. The fourth-order valence-electron chi connectivity index (χ4n) is 3.58. The quantitative estimate of drug-likeness (QED) is 0.510. The molecule has 1 aliphatic rings. The third kappa shape index (κ3) is 5.73. The smallest absolute Gasteiger partial charge is 0.0713 e. The van der Waals surface area contributed by atoms with Crippen molar-refractivity contribution < 1.29 is 0 Å². The van der Waals surface area contributed by atoms with Crippen LogP contribution in [0.4, 0.5) is 0 Å². The minimum absolute atomic E-state index is 0.345. The zero-order valence-corrected chi connectivity index (χ0v) is 14.3. The molecule has 1 N–H and O–H groups in total. The molecule has 1 fully saturated rings. The Morgan fingerprint density at radius 3 is 1.90 bits per heavy atom. The van der Waals surface area contributed by atoms with Gasteiger partial charge in [0.2, 0.25) is 0 Å². The largest absolute Gasteiger partial charge is 0.298 e. The van der Waals surface area contributed by atoms with Crippen molar-refractivity contribution in [2.75, 3.05) is 19.6 Å². The van der Waals surface area contributed by atoms with E-state index in [4.69, 9.17) is 0 Å². The van der Waals surface area contributed by atoms with Crippen molar-refractivity contribution in [3.63, 3.8) is 0 Å². The topological polar surface area (TPSA) is 15.3 Å². The van der Waals surface area contributed by atoms with Crippen LogP contribution in [0.1, 0.15) is 91.4 Å². The van der Waals surface area contributed by atoms with Crippen LogP contribution in [0.2, 0.25) is 0 Å². The van der Waals surface area contributed by atoms with Gasteiger partial charge in [-0.2, -0.15) is 0 Å². The molecule has 120 valence electrons. The summed E-state index contributed by atoms with van der Waals surface area (Å²) in [7, 11) is 0. The first-order valence-corrected chi connectivity index (χ1v) is 9.29. The van der Waals surface area contributed by atoms with E-state index in [9.17, 15) is 0 Å². The van der Waals surface area contributed by atoms with Gasteiger partial charge in [-0.15, -0.1) is 0 Å². The summed E-state index contributed by atoms with van der Waals surface area (Å²) >= 11 is 0. The Kier molecular flexibility index (Phi) is 9.54. The van der Waals surface area contributed by atoms with E-state index in [0.29, 0.717) is 5.66 Å². The zero-order chi connectivity index (χ0) is 14.7. The van der Waals surface area contributed by atoms with E-state index in [1.807, 2.05) is 0 Å². The molecular weight excluding hydrogens is 244 g/mol. The molecule has 0 unspecified atom stereocenters. The van der Waals surface area contributed by atoms with Gasteiger partial charge in [-0.1, -0.05) is 72.1 Å². The van der Waals surface area contributed by atoms with Gasteiger partial charge in [0.1, 0.15) is 0 Å². The summed E-state index contributed by atoms with van der Waals surface area (Å²) in [5.74, 6) is 0. The molecule has 0 aliphatic carbocycles. The second kappa shape index (κ2) is 10.6. The lowest BCUT2D eigenvalue weighted by atomic mass is 9.94. The Morgan fingerprint density at radius 1 is 0.800 bits per heavy atom. The molecule has 0 aromatic carbocycles. The van der Waals surface area contributed by atoms with Crippen LogP contribution < -0.4 is 5.32 Å². The van der Waals surface area contributed by atoms with Crippen LogP contribution in [0, 0.1) is 0 Å². The van der Waals surface area contributed by atoms with Gasteiger partial charge < -0.3 is 0 Å². The van der Waals surface area contributed by atoms with Gasteiger partial charge in [-0.25, -0.2) is 0 Å². The highest BCUT2D eigenvalue weighted by Crippen LogP contribution is 2.30. The normalized spacial score (nSPS) is 18.8. The lowest BCUT2D eigenvalue weighted by Crippen LogP contribution is -2.51. The Bertz CT molecular complexity index is 217. The standard InChI is InChI=1S/C18H38N2/c1-4-7-10-13-18(14-11-8-5-2)19-15-17-20(18)16-12-9-6-3/h19H,4-17H2,1-3H3. The van der Waals surface area contributed by atoms with Crippen molar-refractivity contribution in [2.24, 2.45) is 0 Å². The average Bonchev–Trinajstić information content (AvgIpc) is 2.83. The molecule has 0 amide bonds. The molecule has 0 aromatic rings. The second-order valence-corrected chi connectivity index (χ2v) is 6.57. The fourth-order valence-corrected chi connectivity index (χ4v) is 3.58. The molecule has 0 radical (unpaired) electrons. The van der Waals surface area contributed by atoms with Gasteiger partial charge >= 0.3 is 0 Å². The van der Waals surface area contributed by atoms with E-state index >= 15 is 0 Å². The van der Waals surface area contributed by atoms with Crippen molar-refractivity contribution in [3.05, 3.63) is 0 Å². The average molecular weight is 283 g/mol. The molecular formula is C18H38N2. The van der Waals surface area contributed by atoms with Gasteiger partial charge in [0.25, 0.3) is 0 Å². The number of hydrogen-bond acceptors (Lipinski definition) is 2. The SMILES string of the molecule is CCCCCN1CCNC1(CCCCC)CCCCC. The lowest BCUT2D eigenvalue weighted by molar-refractivity contribution is 0.0891. The van der Waals surface area contributed by atoms with Crippen LogP contribution in [0.25, 0.3) is 0 Å². The van der Waals surface area contributed by atoms with Crippen molar-refractivity contribution in [1.82, 2.24) is 10.2 Å². The predicted molar refractivity (Wildman–Crippen MR) is 90.1 cm³/mol. The van der Waals surface area contributed by atoms with Crippen LogP contribution in [0.5, 0.6) is 0 Å². The molecule has 0 bridgehead atoms. The molecule has 0 aromatic heterocycles. The molecule has 1 aliphatic heterocycles. The summed E-state index contributed by atoms with van der Waals surface area (Å²) in [6.45, 7) is 10.7. The summed E-state index contributed by atoms with van der Waals surface area (Å²) in [5, 5.41) is 3.89. The maximum Gasteiger partial charge on any atom is 0.0713 e. The maximum atomic E-state index is 3.89. The summed E-state index contributed by atoms with van der Waals surface area (Å²) in [6.07, 6.45) is 15.0. The van der Waals surface area contributed by atoms with Gasteiger partial charge in [-0.05, 0) is 25.8 Å². The van der Waals surface area contributed by atoms with Crippen molar-refractivity contribution >= 4 is 0 Å². The van der Waals surface area contributed by atoms with E-state index in [-0.39, 0.29) is 0 Å². The predicted octanol–water partition coefficient (Wildman–Crippen LogP) is 4.94. The van der Waals surface area contributed by atoms with E-state index < -0.39 is 0 Å². The number of hydrogen-bond donors (Lipinski definition) is 1. The first kappa shape index (κ1) is 18.0. The number of nitrogens with one attached hydrogen (secondary N) is 1. The highest BCUT2D eigenvalue weighted by Gasteiger charge is 2.38. The van der Waals surface area contributed by atoms with Crippen LogP contribution in [0.3, 0.4) is 0 Å². The molecule has 2 nitrogen and oxygen atoms in total. The molecule has 20 heavy (non-hydrogen) atoms. The Hall–Kier alpha value is -0.0800. The van der Waals surface area contributed by atoms with Crippen molar-refractivity contribution in [1.29, 1.82) is 0 Å². The Balaban J connectivity index is 2.52. The second-order valence-electron chi connectivity index (χ2n) is 6.57. The monoisotopic (exact) mass is 282 g/mol. The molecule has 2 heteroatoms. The fraction of sp³-hybridized carbons (Fsp3) is 1.00. The lowest BCUT2D eigenvalue weighted by Gasteiger charge is -2.39. The molecule has 1 rings (SSSR count). The molecule has 0 atom stereocenters. The highest BCUT2D eigenvalue weighted by molar-refractivity contribution is 4.93. The summed E-state index contributed by atoms with van der Waals surface area (Å²) < 4.78 is 0. The molecule has 0 saturated carbocycles. The first-order chi connectivity index (χ1) is 9.79. The van der Waals surface area contributed by atoms with Crippen LogP contribution in [-0.2, 0) is 0 Å². The maximum absolute atomic E-state index is 3.89. The highest BCUT2D eigenvalue weighted by atomic mass is 15.4. The van der Waals surface area contributed by atoms with Crippen LogP contribution >= 0.6 is 0 Å². The summed E-state index contributed by atoms with van der Waals surface area (Å²) in [5.41, 5.74) is 0.345. The third-order valence-electron chi connectivity index (χ3n) is 4.86. The van der Waals surface area contributed by atoms with Gasteiger partial charge in [-0.3, -0.25) is 10.2 Å². The number of rotatable bonds is 12. The van der Waals surface area contributed by atoms with E-state index in [1.54, 1.807) is 0 Å². The van der Waals surface area contributed by atoms with E-state index in [2.05, 4.69) is 31.0 Å². The summed E-state index contributed by atoms with van der Waals surface area (Å²) in [6, 6.07) is 0.